The van der Waals surface area contributed by atoms with Gasteiger partial charge in [0.1, 0.15) is 5.80 Å². The Morgan fingerprint density at radius 3 is 2.50 bits per heavy atom. The Kier molecular flexibility index (Phi) is 3.28. The lowest BCUT2D eigenvalue weighted by Gasteiger charge is -1.82. The summed E-state index contributed by atoms with van der Waals surface area (Å²) in [6.45, 7) is 1.62. The molecule has 0 heterocycles. The maximum Gasteiger partial charge on any atom is 0.243 e. The number of rotatable bonds is 1. The Bertz CT molecular complexity index is 62.6. The van der Waals surface area contributed by atoms with Crippen LogP contribution in [0.1, 0.15) is 6.92 Å². The summed E-state index contributed by atoms with van der Waals surface area (Å²) >= 11 is 0. The maximum absolute atomic E-state index is 9.93. The Hall–Kier alpha value is 0.0500. The Labute approximate surface area is 37.2 Å². The minimum absolute atomic E-state index is 1.38. The van der Waals surface area contributed by atoms with E-state index in [9.17, 15) is 4.89 Å². The van der Waals surface area contributed by atoms with Gasteiger partial charge in [-0.25, -0.2) is 0 Å². The van der Waals surface area contributed by atoms with Crippen LogP contribution in [0.15, 0.2) is 0 Å². The summed E-state index contributed by atoms with van der Waals surface area (Å²) in [6, 6.07) is 0. The molecule has 4 heteroatoms. The van der Waals surface area contributed by atoms with Crippen LogP contribution in [0.25, 0.3) is 0 Å². The molecule has 0 amide bonds. The van der Waals surface area contributed by atoms with E-state index in [0.717, 1.165) is 0 Å². The van der Waals surface area contributed by atoms with Crippen molar-refractivity contribution in [1.29, 1.82) is 0 Å². The fourth-order valence-electron chi connectivity index (χ4n) is 0.0609. The van der Waals surface area contributed by atoms with Gasteiger partial charge in [0.25, 0.3) is 0 Å². The highest BCUT2D eigenvalue weighted by Gasteiger charge is 1.81. The summed E-state index contributed by atoms with van der Waals surface area (Å²) in [4.78, 5) is 9.93. The molecule has 1 unspecified atom stereocenters. The molecular formula is C2H6NO2P. The van der Waals surface area contributed by atoms with Gasteiger partial charge >= 0.3 is 0 Å². The molecule has 3 nitrogen and oxygen atoms in total. The van der Waals surface area contributed by atoms with Crippen LogP contribution in [0.2, 0.25) is 0 Å². The van der Waals surface area contributed by atoms with Crippen LogP contribution in [0.3, 0.4) is 0 Å². The lowest BCUT2D eigenvalue weighted by Crippen LogP contribution is -1.98. The minimum atomic E-state index is -1.67. The molecule has 0 radical (unpaired) electrons. The van der Waals surface area contributed by atoms with Gasteiger partial charge in [-0.2, -0.15) is 5.90 Å². The van der Waals surface area contributed by atoms with Gasteiger partial charge in [0.15, 0.2) is 0 Å². The van der Waals surface area contributed by atoms with E-state index in [1.165, 1.54) is 5.80 Å². The smallest absolute Gasteiger partial charge is 0.243 e. The lowest BCUT2D eigenvalue weighted by molar-refractivity contribution is -0.172. The summed E-state index contributed by atoms with van der Waals surface area (Å²) in [5.41, 5.74) is 0. The van der Waals surface area contributed by atoms with E-state index in [4.69, 9.17) is 0 Å². The fourth-order valence-corrected chi connectivity index (χ4v) is 0.183. The molecule has 0 aliphatic carbocycles. The highest BCUT2D eigenvalue weighted by atomic mass is 31.1. The third kappa shape index (κ3) is 2.30. The van der Waals surface area contributed by atoms with E-state index in [1.807, 2.05) is 0 Å². The molecule has 0 aliphatic heterocycles. The number of hydrogen-bond acceptors (Lipinski definition) is 3. The van der Waals surface area contributed by atoms with Crippen molar-refractivity contribution < 1.29 is 9.52 Å². The van der Waals surface area contributed by atoms with Crippen molar-refractivity contribution in [2.45, 2.75) is 6.92 Å². The molecule has 0 aromatic heterocycles. The van der Waals surface area contributed by atoms with Gasteiger partial charge in [0, 0.05) is 0 Å². The monoisotopic (exact) mass is 107 g/mol. The van der Waals surface area contributed by atoms with Crippen molar-refractivity contribution in [3.8, 4) is 0 Å². The predicted molar refractivity (Wildman–Crippen MR) is 23.9 cm³/mol. The molecule has 36 valence electrons. The molecule has 0 fully saturated rings. The highest BCUT2D eigenvalue weighted by Crippen LogP contribution is 2.02. The second kappa shape index (κ2) is 3.25. The zero-order valence-electron chi connectivity index (χ0n) is 3.42. The normalized spacial score (nSPS) is 12.2. The van der Waals surface area contributed by atoms with Crippen LogP contribution < -0.4 is 10.8 Å². The molecule has 0 aromatic carbocycles. The average molecular weight is 107 g/mol. The van der Waals surface area contributed by atoms with Crippen molar-refractivity contribution in [1.82, 2.24) is 0 Å². The van der Waals surface area contributed by atoms with Gasteiger partial charge in [-0.15, -0.1) is 0 Å². The average Bonchev–Trinajstić information content (AvgIpc) is 1.65. The third-order valence-corrected chi connectivity index (χ3v) is 0.944. The van der Waals surface area contributed by atoms with E-state index in [0.29, 0.717) is 0 Å². The zero-order valence-corrected chi connectivity index (χ0v) is 4.31. The first-order valence-electron chi connectivity index (χ1n) is 1.44. The van der Waals surface area contributed by atoms with E-state index in [1.54, 1.807) is 6.92 Å². The highest BCUT2D eigenvalue weighted by molar-refractivity contribution is 7.44. The summed E-state index contributed by atoms with van der Waals surface area (Å²) in [7, 11) is -1.67. The van der Waals surface area contributed by atoms with E-state index < -0.39 is 8.00 Å². The second-order valence-corrected chi connectivity index (χ2v) is 1.95. The van der Waals surface area contributed by atoms with Crippen LogP contribution in [-0.4, -0.2) is 5.80 Å². The topological polar surface area (TPSA) is 58.3 Å². The fraction of sp³-hybridized carbons (Fsp3) is 0.500. The maximum atomic E-state index is 9.93. The molecule has 0 spiro atoms. The first-order valence-corrected chi connectivity index (χ1v) is 2.68. The molecule has 0 saturated heterocycles. The van der Waals surface area contributed by atoms with Crippen molar-refractivity contribution in [3.05, 3.63) is 0 Å². The van der Waals surface area contributed by atoms with Crippen molar-refractivity contribution in [3.63, 3.8) is 0 Å². The van der Waals surface area contributed by atoms with Gasteiger partial charge < -0.3 is 4.89 Å². The first-order chi connectivity index (χ1) is 2.81. The van der Waals surface area contributed by atoms with Crippen LogP contribution >= 0.6 is 8.00 Å². The van der Waals surface area contributed by atoms with Gasteiger partial charge in [-0.3, -0.25) is 0 Å². The zero-order chi connectivity index (χ0) is 4.99. The standard InChI is InChI=1S/C2H6NO2P/c1-2-6(4)5-3/h2H,3H2,1H3. The van der Waals surface area contributed by atoms with Crippen molar-refractivity contribution >= 4 is 13.8 Å². The minimum Gasteiger partial charge on any atom is -0.602 e. The predicted octanol–water partition coefficient (Wildman–Crippen LogP) is -0.629. The molecule has 6 heavy (non-hydrogen) atoms. The van der Waals surface area contributed by atoms with E-state index >= 15 is 0 Å². The number of hydrogen-bond donors (Lipinski definition) is 1. The molecular weight excluding hydrogens is 101 g/mol. The summed E-state index contributed by atoms with van der Waals surface area (Å²) in [5, 5.41) is 0. The SMILES string of the molecule is C/C=[P+](\[O-])ON. The van der Waals surface area contributed by atoms with Crippen LogP contribution in [-0.2, 0) is 4.62 Å². The second-order valence-electron chi connectivity index (χ2n) is 0.649. The molecule has 1 atom stereocenters. The summed E-state index contributed by atoms with van der Waals surface area (Å²) in [5.74, 6) is 5.85. The third-order valence-electron chi connectivity index (χ3n) is 0.315. The van der Waals surface area contributed by atoms with Crippen molar-refractivity contribution in [2.24, 2.45) is 5.90 Å². The molecule has 0 aromatic rings. The molecule has 0 saturated carbocycles. The first kappa shape index (κ1) is 6.05. The van der Waals surface area contributed by atoms with Crippen LogP contribution in [0.4, 0.5) is 0 Å². The summed E-state index contributed by atoms with van der Waals surface area (Å²) < 4.78 is 3.85. The van der Waals surface area contributed by atoms with E-state index in [2.05, 4.69) is 10.5 Å². The van der Waals surface area contributed by atoms with Gasteiger partial charge in [-0.1, -0.05) is 4.62 Å². The van der Waals surface area contributed by atoms with Crippen LogP contribution in [0.5, 0.6) is 0 Å². The number of nitrogens with two attached hydrogens (primary N) is 1. The summed E-state index contributed by atoms with van der Waals surface area (Å²) in [6.07, 6.45) is 0. The Morgan fingerprint density at radius 2 is 2.50 bits per heavy atom. The quantitative estimate of drug-likeness (QED) is 0.358. The van der Waals surface area contributed by atoms with E-state index in [-0.39, 0.29) is 0 Å². The molecule has 0 aliphatic rings. The molecule has 2 N–H and O–H groups in total. The van der Waals surface area contributed by atoms with Crippen molar-refractivity contribution in [2.75, 3.05) is 0 Å². The largest absolute Gasteiger partial charge is 0.602 e. The molecule has 0 rings (SSSR count). The molecule has 0 bridgehead atoms. The van der Waals surface area contributed by atoms with Gasteiger partial charge in [-0.05, 0) is 6.92 Å². The lowest BCUT2D eigenvalue weighted by atomic mass is 11.0. The van der Waals surface area contributed by atoms with Crippen LogP contribution in [0, 0.1) is 0 Å². The van der Waals surface area contributed by atoms with Gasteiger partial charge in [0.2, 0.25) is 8.00 Å². The van der Waals surface area contributed by atoms with Gasteiger partial charge in [0.05, 0.1) is 0 Å². The Morgan fingerprint density at radius 1 is 2.00 bits per heavy atom. The Balaban J connectivity index is 3.22.